The van der Waals surface area contributed by atoms with Crippen LogP contribution in [0.2, 0.25) is 0 Å². The average molecular weight is 257 g/mol. The van der Waals surface area contributed by atoms with Crippen molar-refractivity contribution in [2.45, 2.75) is 13.8 Å². The summed E-state index contributed by atoms with van der Waals surface area (Å²) >= 11 is 0. The van der Waals surface area contributed by atoms with Gasteiger partial charge in [-0.25, -0.2) is 4.79 Å². The Kier molecular flexibility index (Phi) is 3.51. The van der Waals surface area contributed by atoms with Gasteiger partial charge in [-0.05, 0) is 38.1 Å². The van der Waals surface area contributed by atoms with Gasteiger partial charge in [-0.1, -0.05) is 6.07 Å². The number of nitrogens with zero attached hydrogens (tertiary/aromatic N) is 1. The van der Waals surface area contributed by atoms with Gasteiger partial charge in [-0.3, -0.25) is 4.98 Å². The summed E-state index contributed by atoms with van der Waals surface area (Å²) in [5, 5.41) is 10.0. The van der Waals surface area contributed by atoms with Crippen LogP contribution in [0, 0.1) is 13.8 Å². The summed E-state index contributed by atoms with van der Waals surface area (Å²) in [6.45, 7) is 3.80. The van der Waals surface area contributed by atoms with Gasteiger partial charge in [0.1, 0.15) is 5.75 Å². The summed E-state index contributed by atoms with van der Waals surface area (Å²) in [6, 6.07) is 8.52. The van der Waals surface area contributed by atoms with E-state index in [1.807, 2.05) is 26.0 Å². The van der Waals surface area contributed by atoms with Crippen LogP contribution in [0.3, 0.4) is 0 Å². The fourth-order valence-electron chi connectivity index (χ4n) is 1.98. The number of hydrogen-bond donors (Lipinski definition) is 1. The zero-order valence-electron chi connectivity index (χ0n) is 11.1. The quantitative estimate of drug-likeness (QED) is 0.840. The molecule has 0 aliphatic carbocycles. The van der Waals surface area contributed by atoms with Crippen molar-refractivity contribution in [1.82, 2.24) is 4.98 Å². The minimum Gasteiger partial charge on any atom is -0.507 e. The van der Waals surface area contributed by atoms with E-state index in [9.17, 15) is 9.90 Å². The largest absolute Gasteiger partial charge is 0.507 e. The Morgan fingerprint density at radius 3 is 2.42 bits per heavy atom. The molecule has 4 nitrogen and oxygen atoms in total. The smallest absolute Gasteiger partial charge is 0.337 e. The molecule has 0 amide bonds. The van der Waals surface area contributed by atoms with Crippen LogP contribution in [0.5, 0.6) is 5.75 Å². The van der Waals surface area contributed by atoms with E-state index < -0.39 is 5.97 Å². The summed E-state index contributed by atoms with van der Waals surface area (Å²) in [5.41, 5.74) is 3.58. The number of methoxy groups -OCH3 is 1. The normalized spacial score (nSPS) is 10.3. The molecule has 0 unspecified atom stereocenters. The molecule has 4 heteroatoms. The second-order valence-electron chi connectivity index (χ2n) is 4.31. The van der Waals surface area contributed by atoms with Gasteiger partial charge in [0.05, 0.1) is 12.7 Å². The number of rotatable bonds is 2. The molecule has 0 fully saturated rings. The van der Waals surface area contributed by atoms with E-state index in [1.165, 1.54) is 13.2 Å². The topological polar surface area (TPSA) is 59.4 Å². The Morgan fingerprint density at radius 2 is 1.84 bits per heavy atom. The molecular formula is C15H15NO3. The number of hydrogen-bond acceptors (Lipinski definition) is 4. The first-order valence-corrected chi connectivity index (χ1v) is 5.89. The third-order valence-corrected chi connectivity index (χ3v) is 2.93. The Hall–Kier alpha value is -2.36. The SMILES string of the molecule is COC(=O)c1ccc(-c2ccc(C)nc2C)c(O)c1. The summed E-state index contributed by atoms with van der Waals surface area (Å²) in [4.78, 5) is 15.7. The van der Waals surface area contributed by atoms with Crippen LogP contribution >= 0.6 is 0 Å². The minimum absolute atomic E-state index is 0.0386. The fraction of sp³-hybridized carbons (Fsp3) is 0.200. The van der Waals surface area contributed by atoms with E-state index in [2.05, 4.69) is 9.72 Å². The van der Waals surface area contributed by atoms with Gasteiger partial charge in [0.15, 0.2) is 0 Å². The summed E-state index contributed by atoms with van der Waals surface area (Å²) < 4.78 is 4.61. The number of phenols is 1. The number of aromatic nitrogens is 1. The summed E-state index contributed by atoms with van der Waals surface area (Å²) in [7, 11) is 1.31. The Balaban J connectivity index is 2.49. The lowest BCUT2D eigenvalue weighted by molar-refractivity contribution is 0.0600. The van der Waals surface area contributed by atoms with E-state index in [0.717, 1.165) is 17.0 Å². The van der Waals surface area contributed by atoms with Crippen LogP contribution in [-0.2, 0) is 4.74 Å². The molecule has 0 aliphatic rings. The van der Waals surface area contributed by atoms with Crippen molar-refractivity contribution in [2.24, 2.45) is 0 Å². The number of ether oxygens (including phenoxy) is 1. The van der Waals surface area contributed by atoms with E-state index in [0.29, 0.717) is 11.1 Å². The van der Waals surface area contributed by atoms with Gasteiger partial charge in [-0.2, -0.15) is 0 Å². The van der Waals surface area contributed by atoms with Crippen LogP contribution in [0.4, 0.5) is 0 Å². The predicted octanol–water partition coefficient (Wildman–Crippen LogP) is 2.86. The van der Waals surface area contributed by atoms with E-state index in [4.69, 9.17) is 0 Å². The Morgan fingerprint density at radius 1 is 1.16 bits per heavy atom. The molecule has 19 heavy (non-hydrogen) atoms. The number of pyridine rings is 1. The standard InChI is InChI=1S/C15H15NO3/c1-9-4-6-12(10(2)16-9)13-7-5-11(8-14(13)17)15(18)19-3/h4-8,17H,1-3H3. The van der Waals surface area contributed by atoms with Crippen molar-refractivity contribution in [3.8, 4) is 16.9 Å². The van der Waals surface area contributed by atoms with Crippen LogP contribution in [0.1, 0.15) is 21.7 Å². The van der Waals surface area contributed by atoms with Crippen LogP contribution in [0.25, 0.3) is 11.1 Å². The fourth-order valence-corrected chi connectivity index (χ4v) is 1.98. The van der Waals surface area contributed by atoms with E-state index >= 15 is 0 Å². The van der Waals surface area contributed by atoms with Gasteiger partial charge in [0.2, 0.25) is 0 Å². The number of aromatic hydroxyl groups is 1. The van der Waals surface area contributed by atoms with Crippen LogP contribution in [0.15, 0.2) is 30.3 Å². The van der Waals surface area contributed by atoms with E-state index in [-0.39, 0.29) is 5.75 Å². The lowest BCUT2D eigenvalue weighted by Gasteiger charge is -2.09. The Bertz CT molecular complexity index is 635. The molecule has 0 radical (unpaired) electrons. The van der Waals surface area contributed by atoms with Crippen molar-refractivity contribution in [1.29, 1.82) is 0 Å². The maximum Gasteiger partial charge on any atom is 0.337 e. The first kappa shape index (κ1) is 13.1. The minimum atomic E-state index is -0.472. The second-order valence-corrected chi connectivity index (χ2v) is 4.31. The van der Waals surface area contributed by atoms with Gasteiger partial charge in [0, 0.05) is 22.5 Å². The molecule has 1 N–H and O–H groups in total. The van der Waals surface area contributed by atoms with Crippen molar-refractivity contribution < 1.29 is 14.6 Å². The van der Waals surface area contributed by atoms with Gasteiger partial charge in [-0.15, -0.1) is 0 Å². The molecule has 0 saturated heterocycles. The molecule has 2 aromatic rings. The highest BCUT2D eigenvalue weighted by molar-refractivity contribution is 5.91. The van der Waals surface area contributed by atoms with Crippen molar-refractivity contribution in [2.75, 3.05) is 7.11 Å². The molecule has 0 aliphatic heterocycles. The van der Waals surface area contributed by atoms with Gasteiger partial charge < -0.3 is 9.84 Å². The van der Waals surface area contributed by atoms with Crippen molar-refractivity contribution >= 4 is 5.97 Å². The zero-order chi connectivity index (χ0) is 14.0. The second kappa shape index (κ2) is 5.10. The third kappa shape index (κ3) is 2.57. The highest BCUT2D eigenvalue weighted by Gasteiger charge is 2.12. The zero-order valence-corrected chi connectivity index (χ0v) is 11.1. The molecule has 0 spiro atoms. The molecule has 0 saturated carbocycles. The molecule has 98 valence electrons. The number of benzene rings is 1. The highest BCUT2D eigenvalue weighted by Crippen LogP contribution is 2.31. The first-order valence-electron chi connectivity index (χ1n) is 5.89. The summed E-state index contributed by atoms with van der Waals surface area (Å²) in [5.74, 6) is -0.433. The number of carbonyl (C=O) groups is 1. The highest BCUT2D eigenvalue weighted by atomic mass is 16.5. The molecule has 1 heterocycles. The van der Waals surface area contributed by atoms with Crippen LogP contribution < -0.4 is 0 Å². The van der Waals surface area contributed by atoms with Crippen molar-refractivity contribution in [3.05, 3.63) is 47.3 Å². The van der Waals surface area contributed by atoms with Crippen molar-refractivity contribution in [3.63, 3.8) is 0 Å². The summed E-state index contributed by atoms with van der Waals surface area (Å²) in [6.07, 6.45) is 0. The number of esters is 1. The lowest BCUT2D eigenvalue weighted by Crippen LogP contribution is -2.01. The molecule has 2 rings (SSSR count). The molecule has 1 aromatic heterocycles. The number of aryl methyl sites for hydroxylation is 2. The van der Waals surface area contributed by atoms with Gasteiger partial charge in [0.25, 0.3) is 0 Å². The number of phenolic OH excluding ortho intramolecular Hbond substituents is 1. The lowest BCUT2D eigenvalue weighted by atomic mass is 10.0. The molecule has 0 atom stereocenters. The molecular weight excluding hydrogens is 242 g/mol. The monoisotopic (exact) mass is 257 g/mol. The molecule has 0 bridgehead atoms. The Labute approximate surface area is 111 Å². The maximum atomic E-state index is 11.4. The molecule has 1 aromatic carbocycles. The predicted molar refractivity (Wildman–Crippen MR) is 72.2 cm³/mol. The number of carbonyl (C=O) groups excluding carboxylic acids is 1. The van der Waals surface area contributed by atoms with Gasteiger partial charge >= 0.3 is 5.97 Å². The average Bonchev–Trinajstić information content (AvgIpc) is 2.38. The first-order chi connectivity index (χ1) is 9.02. The third-order valence-electron chi connectivity index (χ3n) is 2.93. The van der Waals surface area contributed by atoms with E-state index in [1.54, 1.807) is 12.1 Å². The maximum absolute atomic E-state index is 11.4. The van der Waals surface area contributed by atoms with Crippen LogP contribution in [-0.4, -0.2) is 23.2 Å².